The van der Waals surface area contributed by atoms with Gasteiger partial charge in [-0.05, 0) is 5.38 Å². The van der Waals surface area contributed by atoms with Gasteiger partial charge in [0, 0.05) is 21.9 Å². The van der Waals surface area contributed by atoms with Crippen LogP contribution in [0, 0.1) is 0 Å². The van der Waals surface area contributed by atoms with Gasteiger partial charge in [0.2, 0.25) is 0 Å². The summed E-state index contributed by atoms with van der Waals surface area (Å²) in [5, 5.41) is 16.4. The van der Waals surface area contributed by atoms with Crippen LogP contribution in [0.5, 0.6) is 0 Å². The van der Waals surface area contributed by atoms with Crippen LogP contribution in [0.4, 0.5) is 0 Å². The van der Waals surface area contributed by atoms with Crippen molar-refractivity contribution in [1.82, 2.24) is 0 Å². The third kappa shape index (κ3) is 1.40. The molecule has 2 nitrogen and oxygen atoms in total. The number of nitrogens with zero attached hydrogens (tertiary/aromatic N) is 1. The molecule has 0 aliphatic rings. The molecule has 1 aromatic rings. The lowest BCUT2D eigenvalue weighted by molar-refractivity contribution is 0.322. The molecule has 1 heterocycles. The smallest absolute Gasteiger partial charge is 0.0748 e. The van der Waals surface area contributed by atoms with Crippen LogP contribution in [0.3, 0.4) is 0 Å². The van der Waals surface area contributed by atoms with Crippen LogP contribution < -0.4 is 0 Å². The Hall–Kier alpha value is -0.740. The predicted molar refractivity (Wildman–Crippen MR) is 46.5 cm³/mol. The third-order valence-corrected chi connectivity index (χ3v) is 2.08. The van der Waals surface area contributed by atoms with Gasteiger partial charge in [0.25, 0.3) is 0 Å². The van der Waals surface area contributed by atoms with E-state index in [1.165, 1.54) is 17.6 Å². The molecule has 0 saturated carbocycles. The van der Waals surface area contributed by atoms with Gasteiger partial charge in [0.1, 0.15) is 0 Å². The Kier molecular flexibility index (Phi) is 2.53. The third-order valence-electron chi connectivity index (χ3n) is 1.05. The lowest BCUT2D eigenvalue weighted by Crippen LogP contribution is -1.82. The molecule has 0 radical (unpaired) electrons. The molecular formula is C6H5NOS2. The summed E-state index contributed by atoms with van der Waals surface area (Å²) in [6, 6.07) is 0. The molecular weight excluding hydrogens is 166 g/mol. The lowest BCUT2D eigenvalue weighted by Gasteiger charge is -1.84. The van der Waals surface area contributed by atoms with Crippen molar-refractivity contribution in [1.29, 1.82) is 0 Å². The van der Waals surface area contributed by atoms with Gasteiger partial charge < -0.3 is 5.21 Å². The molecule has 0 saturated heterocycles. The average Bonchev–Trinajstić information content (AvgIpc) is 2.36. The number of hydrogen-bond acceptors (Lipinski definition) is 4. The molecule has 0 aliphatic heterocycles. The van der Waals surface area contributed by atoms with Gasteiger partial charge in [-0.15, -0.1) is 0 Å². The summed E-state index contributed by atoms with van der Waals surface area (Å²) in [6.07, 6.45) is 1.37. The second kappa shape index (κ2) is 3.43. The Morgan fingerprint density at radius 3 is 2.80 bits per heavy atom. The van der Waals surface area contributed by atoms with Gasteiger partial charge in [-0.1, -0.05) is 17.4 Å². The van der Waals surface area contributed by atoms with Crippen LogP contribution in [0.25, 0.3) is 0 Å². The van der Waals surface area contributed by atoms with E-state index in [4.69, 9.17) is 17.4 Å². The molecule has 10 heavy (non-hydrogen) atoms. The highest BCUT2D eigenvalue weighted by Gasteiger charge is 1.95. The highest BCUT2D eigenvalue weighted by Crippen LogP contribution is 2.10. The molecule has 0 amide bonds. The van der Waals surface area contributed by atoms with Crippen molar-refractivity contribution in [2.45, 2.75) is 0 Å². The summed E-state index contributed by atoms with van der Waals surface area (Å²) in [5.41, 5.74) is 1.79. The Bertz CT molecular complexity index is 254. The molecule has 1 N–H and O–H groups in total. The number of oxime groups is 1. The topological polar surface area (TPSA) is 32.6 Å². The van der Waals surface area contributed by atoms with E-state index >= 15 is 0 Å². The van der Waals surface area contributed by atoms with Crippen molar-refractivity contribution in [3.05, 3.63) is 21.9 Å². The monoisotopic (exact) mass is 171 g/mol. The van der Waals surface area contributed by atoms with E-state index in [0.717, 1.165) is 11.1 Å². The first-order valence-electron chi connectivity index (χ1n) is 2.57. The molecule has 0 unspecified atom stereocenters. The van der Waals surface area contributed by atoms with Crippen LogP contribution in [0.2, 0.25) is 0 Å². The van der Waals surface area contributed by atoms with Gasteiger partial charge in [-0.3, -0.25) is 0 Å². The Balaban J connectivity index is 3.00. The van der Waals surface area contributed by atoms with Crippen LogP contribution in [0.15, 0.2) is 15.9 Å². The minimum atomic E-state index is 0.863. The van der Waals surface area contributed by atoms with E-state index < -0.39 is 0 Å². The molecule has 1 aromatic heterocycles. The van der Waals surface area contributed by atoms with Crippen LogP contribution in [-0.4, -0.2) is 16.8 Å². The number of hydrogen-bond donors (Lipinski definition) is 1. The van der Waals surface area contributed by atoms with Crippen molar-refractivity contribution in [2.75, 3.05) is 0 Å². The van der Waals surface area contributed by atoms with Gasteiger partial charge in [-0.2, -0.15) is 11.3 Å². The minimum Gasteiger partial charge on any atom is -0.411 e. The molecule has 52 valence electrons. The van der Waals surface area contributed by atoms with Crippen molar-refractivity contribution >= 4 is 35.1 Å². The second-order valence-corrected chi connectivity index (χ2v) is 2.62. The molecule has 4 heteroatoms. The summed E-state index contributed by atoms with van der Waals surface area (Å²) in [5.74, 6) is 0. The SMILES string of the molecule is ON=Cc1cscc1C=S. The predicted octanol–water partition coefficient (Wildman–Crippen LogP) is 1.90. The highest BCUT2D eigenvalue weighted by atomic mass is 32.1. The summed E-state index contributed by atoms with van der Waals surface area (Å²) in [6.45, 7) is 0. The van der Waals surface area contributed by atoms with Gasteiger partial charge >= 0.3 is 0 Å². The Labute approximate surface area is 67.8 Å². The van der Waals surface area contributed by atoms with Crippen LogP contribution in [0.1, 0.15) is 11.1 Å². The molecule has 0 atom stereocenters. The maximum atomic E-state index is 8.18. The second-order valence-electron chi connectivity index (χ2n) is 1.64. The maximum absolute atomic E-state index is 8.18. The van der Waals surface area contributed by atoms with Gasteiger partial charge in [-0.25, -0.2) is 0 Å². The summed E-state index contributed by atoms with van der Waals surface area (Å²) in [4.78, 5) is 0. The van der Waals surface area contributed by atoms with Crippen LogP contribution >= 0.6 is 23.6 Å². The zero-order valence-electron chi connectivity index (χ0n) is 5.02. The number of thiocarbonyl (C=S) groups is 1. The van der Waals surface area contributed by atoms with Crippen LogP contribution in [-0.2, 0) is 0 Å². The minimum absolute atomic E-state index is 0.863. The summed E-state index contributed by atoms with van der Waals surface area (Å²) < 4.78 is 0. The van der Waals surface area contributed by atoms with E-state index in [0.29, 0.717) is 0 Å². The quantitative estimate of drug-likeness (QED) is 0.319. The number of rotatable bonds is 2. The van der Waals surface area contributed by atoms with E-state index in [1.807, 2.05) is 10.8 Å². The van der Waals surface area contributed by atoms with Crippen molar-refractivity contribution in [2.24, 2.45) is 5.16 Å². The fourth-order valence-electron chi connectivity index (χ4n) is 0.580. The van der Waals surface area contributed by atoms with Crippen molar-refractivity contribution in [3.63, 3.8) is 0 Å². The summed E-state index contributed by atoms with van der Waals surface area (Å²) in [7, 11) is 0. The van der Waals surface area contributed by atoms with Gasteiger partial charge in [0.05, 0.1) is 6.21 Å². The standard InChI is InChI=1S/C6H5NOS2/c8-7-1-5-3-10-4-6(5)2-9/h1-4,8H. The van der Waals surface area contributed by atoms with E-state index in [-0.39, 0.29) is 0 Å². The lowest BCUT2D eigenvalue weighted by atomic mass is 10.2. The zero-order valence-corrected chi connectivity index (χ0v) is 6.65. The molecule has 0 aliphatic carbocycles. The largest absolute Gasteiger partial charge is 0.411 e. The molecule has 0 fully saturated rings. The fourth-order valence-corrected chi connectivity index (χ4v) is 1.63. The summed E-state index contributed by atoms with van der Waals surface area (Å²) >= 11 is 6.24. The Morgan fingerprint density at radius 2 is 2.20 bits per heavy atom. The normalized spacial score (nSPS) is 10.4. The average molecular weight is 171 g/mol. The molecule has 1 rings (SSSR count). The molecule has 0 aromatic carbocycles. The van der Waals surface area contributed by atoms with E-state index in [1.54, 1.807) is 5.37 Å². The van der Waals surface area contributed by atoms with E-state index in [2.05, 4.69) is 5.16 Å². The Morgan fingerprint density at radius 1 is 1.50 bits per heavy atom. The maximum Gasteiger partial charge on any atom is 0.0748 e. The van der Waals surface area contributed by atoms with Crippen molar-refractivity contribution < 1.29 is 5.21 Å². The number of thiophene rings is 1. The highest BCUT2D eigenvalue weighted by molar-refractivity contribution is 7.79. The first-order valence-corrected chi connectivity index (χ1v) is 3.98. The molecule has 0 spiro atoms. The zero-order chi connectivity index (χ0) is 7.40. The first kappa shape index (κ1) is 7.37. The first-order chi connectivity index (χ1) is 4.88. The van der Waals surface area contributed by atoms with Gasteiger partial charge in [0.15, 0.2) is 0 Å². The fraction of sp³-hybridized carbons (Fsp3) is 0. The van der Waals surface area contributed by atoms with E-state index in [9.17, 15) is 0 Å². The molecule has 0 bridgehead atoms. The van der Waals surface area contributed by atoms with Crippen molar-refractivity contribution in [3.8, 4) is 0 Å².